The maximum Gasteiger partial charge on any atom is 0.304 e. The summed E-state index contributed by atoms with van der Waals surface area (Å²) in [6.45, 7) is 5.47. The zero-order chi connectivity index (χ0) is 12.1. The molecule has 5 heteroatoms. The third kappa shape index (κ3) is 3.81. The highest BCUT2D eigenvalue weighted by Gasteiger charge is 2.25. The van der Waals surface area contributed by atoms with E-state index in [1.807, 2.05) is 13.8 Å². The standard InChI is InChI=1S/C11H20N2O3/c1-3-13(8(2)6-11(15)16)7-9-4-5-10(14)12-9/h8-9H,3-7H2,1-2H3,(H,12,14)(H,15,16). The molecule has 1 aliphatic rings. The summed E-state index contributed by atoms with van der Waals surface area (Å²) in [5.41, 5.74) is 0. The normalized spacial score (nSPS) is 22.2. The molecule has 0 radical (unpaired) electrons. The molecule has 1 amide bonds. The minimum absolute atomic E-state index is 0.0139. The Morgan fingerprint density at radius 2 is 2.38 bits per heavy atom. The molecule has 0 aromatic rings. The van der Waals surface area contributed by atoms with Gasteiger partial charge in [-0.3, -0.25) is 14.5 Å². The van der Waals surface area contributed by atoms with Crippen molar-refractivity contribution in [2.45, 2.75) is 45.2 Å². The van der Waals surface area contributed by atoms with Gasteiger partial charge in [-0.1, -0.05) is 6.92 Å². The van der Waals surface area contributed by atoms with E-state index in [2.05, 4.69) is 10.2 Å². The van der Waals surface area contributed by atoms with Crippen LogP contribution in [-0.2, 0) is 9.59 Å². The molecule has 0 aromatic heterocycles. The van der Waals surface area contributed by atoms with Gasteiger partial charge in [0.25, 0.3) is 0 Å². The van der Waals surface area contributed by atoms with Gasteiger partial charge in [0.2, 0.25) is 5.91 Å². The predicted molar refractivity (Wildman–Crippen MR) is 60.1 cm³/mol. The van der Waals surface area contributed by atoms with Crippen molar-refractivity contribution in [3.8, 4) is 0 Å². The van der Waals surface area contributed by atoms with E-state index in [-0.39, 0.29) is 24.4 Å². The summed E-state index contributed by atoms with van der Waals surface area (Å²) in [4.78, 5) is 23.8. The number of carbonyl (C=O) groups excluding carboxylic acids is 1. The molecule has 92 valence electrons. The highest BCUT2D eigenvalue weighted by molar-refractivity contribution is 5.78. The Balaban J connectivity index is 2.41. The number of likely N-dealkylation sites (N-methyl/N-ethyl adjacent to an activating group) is 1. The topological polar surface area (TPSA) is 69.6 Å². The number of rotatable bonds is 6. The minimum Gasteiger partial charge on any atom is -0.481 e. The second kappa shape index (κ2) is 5.84. The average molecular weight is 228 g/mol. The Kier molecular flexibility index (Phi) is 4.73. The second-order valence-corrected chi connectivity index (χ2v) is 4.34. The van der Waals surface area contributed by atoms with Gasteiger partial charge in [0.15, 0.2) is 0 Å². The van der Waals surface area contributed by atoms with Crippen molar-refractivity contribution in [2.75, 3.05) is 13.1 Å². The van der Waals surface area contributed by atoms with Gasteiger partial charge in [0.05, 0.1) is 6.42 Å². The Morgan fingerprint density at radius 3 is 2.81 bits per heavy atom. The van der Waals surface area contributed by atoms with Gasteiger partial charge in [-0.25, -0.2) is 0 Å². The van der Waals surface area contributed by atoms with Crippen LogP contribution in [0.3, 0.4) is 0 Å². The maximum absolute atomic E-state index is 11.0. The first-order valence-electron chi connectivity index (χ1n) is 5.78. The predicted octanol–water partition coefficient (Wildman–Crippen LogP) is 0.450. The first-order valence-corrected chi connectivity index (χ1v) is 5.78. The fourth-order valence-corrected chi connectivity index (χ4v) is 2.10. The van der Waals surface area contributed by atoms with Crippen LogP contribution in [0.2, 0.25) is 0 Å². The first kappa shape index (κ1) is 13.0. The minimum atomic E-state index is -0.776. The van der Waals surface area contributed by atoms with E-state index in [0.29, 0.717) is 6.42 Å². The fraction of sp³-hybridized carbons (Fsp3) is 0.818. The zero-order valence-electron chi connectivity index (χ0n) is 9.90. The average Bonchev–Trinajstić information content (AvgIpc) is 2.59. The van der Waals surface area contributed by atoms with Gasteiger partial charge in [-0.15, -0.1) is 0 Å². The van der Waals surface area contributed by atoms with Crippen molar-refractivity contribution in [3.63, 3.8) is 0 Å². The van der Waals surface area contributed by atoms with E-state index in [1.165, 1.54) is 0 Å². The Hall–Kier alpha value is -1.10. The van der Waals surface area contributed by atoms with Gasteiger partial charge in [-0.2, -0.15) is 0 Å². The summed E-state index contributed by atoms with van der Waals surface area (Å²) in [6.07, 6.45) is 1.60. The largest absolute Gasteiger partial charge is 0.481 e. The lowest BCUT2D eigenvalue weighted by Crippen LogP contribution is -2.43. The fourth-order valence-electron chi connectivity index (χ4n) is 2.10. The molecule has 0 aromatic carbocycles. The molecule has 16 heavy (non-hydrogen) atoms. The van der Waals surface area contributed by atoms with Crippen molar-refractivity contribution < 1.29 is 14.7 Å². The van der Waals surface area contributed by atoms with E-state index >= 15 is 0 Å². The van der Waals surface area contributed by atoms with Crippen LogP contribution in [0.25, 0.3) is 0 Å². The van der Waals surface area contributed by atoms with E-state index in [4.69, 9.17) is 5.11 Å². The lowest BCUT2D eigenvalue weighted by molar-refractivity contribution is -0.138. The number of nitrogens with zero attached hydrogens (tertiary/aromatic N) is 1. The number of amides is 1. The van der Waals surface area contributed by atoms with E-state index in [1.54, 1.807) is 0 Å². The van der Waals surface area contributed by atoms with Gasteiger partial charge < -0.3 is 10.4 Å². The molecule has 1 fully saturated rings. The molecule has 1 saturated heterocycles. The number of hydrogen-bond donors (Lipinski definition) is 2. The molecular weight excluding hydrogens is 208 g/mol. The molecule has 2 N–H and O–H groups in total. The monoisotopic (exact) mass is 228 g/mol. The van der Waals surface area contributed by atoms with Crippen LogP contribution in [0.1, 0.15) is 33.1 Å². The summed E-state index contributed by atoms with van der Waals surface area (Å²) < 4.78 is 0. The number of hydrogen-bond acceptors (Lipinski definition) is 3. The number of carboxylic acid groups (broad SMARTS) is 1. The van der Waals surface area contributed by atoms with Crippen LogP contribution in [0.15, 0.2) is 0 Å². The van der Waals surface area contributed by atoms with Gasteiger partial charge >= 0.3 is 5.97 Å². The van der Waals surface area contributed by atoms with Crippen molar-refractivity contribution >= 4 is 11.9 Å². The lowest BCUT2D eigenvalue weighted by Gasteiger charge is -2.29. The molecule has 0 saturated carbocycles. The highest BCUT2D eigenvalue weighted by Crippen LogP contribution is 2.11. The molecular formula is C11H20N2O3. The summed E-state index contributed by atoms with van der Waals surface area (Å²) in [5, 5.41) is 11.6. The molecule has 1 rings (SSSR count). The van der Waals surface area contributed by atoms with Crippen molar-refractivity contribution in [1.29, 1.82) is 0 Å². The molecule has 2 unspecified atom stereocenters. The molecule has 0 bridgehead atoms. The molecule has 0 aliphatic carbocycles. The molecule has 1 aliphatic heterocycles. The summed E-state index contributed by atoms with van der Waals surface area (Å²) in [7, 11) is 0. The summed E-state index contributed by atoms with van der Waals surface area (Å²) >= 11 is 0. The van der Waals surface area contributed by atoms with Crippen LogP contribution in [0.5, 0.6) is 0 Å². The first-order chi connectivity index (χ1) is 7.52. The van der Waals surface area contributed by atoms with Crippen molar-refractivity contribution in [3.05, 3.63) is 0 Å². The smallest absolute Gasteiger partial charge is 0.304 e. The molecule has 0 spiro atoms. The number of carboxylic acids is 1. The Labute approximate surface area is 95.8 Å². The Morgan fingerprint density at radius 1 is 1.69 bits per heavy atom. The number of nitrogens with one attached hydrogen (secondary N) is 1. The van der Waals surface area contributed by atoms with Gasteiger partial charge in [0, 0.05) is 25.0 Å². The van der Waals surface area contributed by atoms with Crippen molar-refractivity contribution in [2.24, 2.45) is 0 Å². The second-order valence-electron chi connectivity index (χ2n) is 4.34. The summed E-state index contributed by atoms with van der Waals surface area (Å²) in [5.74, 6) is -0.673. The van der Waals surface area contributed by atoms with Crippen LogP contribution in [0, 0.1) is 0 Å². The summed E-state index contributed by atoms with van der Waals surface area (Å²) in [6, 6.07) is 0.198. The Bertz CT molecular complexity index is 268. The van der Waals surface area contributed by atoms with Gasteiger partial charge in [0.1, 0.15) is 0 Å². The van der Waals surface area contributed by atoms with Crippen LogP contribution >= 0.6 is 0 Å². The SMILES string of the molecule is CCN(CC1CCC(=O)N1)C(C)CC(=O)O. The molecule has 1 heterocycles. The van der Waals surface area contributed by atoms with Crippen molar-refractivity contribution in [1.82, 2.24) is 10.2 Å². The molecule has 5 nitrogen and oxygen atoms in total. The highest BCUT2D eigenvalue weighted by atomic mass is 16.4. The maximum atomic E-state index is 11.0. The van der Waals surface area contributed by atoms with E-state index < -0.39 is 5.97 Å². The lowest BCUT2D eigenvalue weighted by atomic mass is 10.1. The van der Waals surface area contributed by atoms with E-state index in [0.717, 1.165) is 19.5 Å². The van der Waals surface area contributed by atoms with Crippen LogP contribution in [0.4, 0.5) is 0 Å². The van der Waals surface area contributed by atoms with Crippen LogP contribution < -0.4 is 5.32 Å². The third-order valence-corrected chi connectivity index (χ3v) is 3.04. The van der Waals surface area contributed by atoms with Gasteiger partial charge in [-0.05, 0) is 19.9 Å². The zero-order valence-corrected chi connectivity index (χ0v) is 9.90. The number of carbonyl (C=O) groups is 2. The molecule has 2 atom stereocenters. The number of aliphatic carboxylic acids is 1. The quantitative estimate of drug-likeness (QED) is 0.692. The van der Waals surface area contributed by atoms with Crippen LogP contribution in [-0.4, -0.2) is 47.1 Å². The third-order valence-electron chi connectivity index (χ3n) is 3.04. The van der Waals surface area contributed by atoms with E-state index in [9.17, 15) is 9.59 Å².